The van der Waals surface area contributed by atoms with Crippen LogP contribution in [0.25, 0.3) is 6.08 Å². The van der Waals surface area contributed by atoms with Crippen LogP contribution in [0.2, 0.25) is 0 Å². The zero-order valence-corrected chi connectivity index (χ0v) is 12.6. The van der Waals surface area contributed by atoms with E-state index in [9.17, 15) is 22.4 Å². The molecule has 0 fully saturated rings. The van der Waals surface area contributed by atoms with Gasteiger partial charge in [0.1, 0.15) is 17.3 Å². The van der Waals surface area contributed by atoms with Crippen molar-refractivity contribution < 1.29 is 36.2 Å². The Morgan fingerprint density at radius 2 is 1.92 bits per heavy atom. The number of ether oxygens (including phenoxy) is 2. The third kappa shape index (κ3) is 6.21. The van der Waals surface area contributed by atoms with E-state index in [-0.39, 0.29) is 17.9 Å². The number of carbonyl (C=O) groups excluding carboxylic acids is 1. The molecular weight excluding hydrogens is 346 g/mol. The molecule has 0 radical (unpaired) electrons. The van der Waals surface area contributed by atoms with E-state index in [2.05, 4.69) is 14.8 Å². The van der Waals surface area contributed by atoms with Gasteiger partial charge in [0.15, 0.2) is 0 Å². The molecule has 25 heavy (non-hydrogen) atoms. The minimum atomic E-state index is -3.17. The summed E-state index contributed by atoms with van der Waals surface area (Å²) in [6, 6.07) is 6.57. The summed E-state index contributed by atoms with van der Waals surface area (Å²) in [5.74, 6) is -0.711. The molecule has 9 heteroatoms. The average Bonchev–Trinajstić information content (AvgIpc) is 3.04. The van der Waals surface area contributed by atoms with Crippen LogP contribution in [0.3, 0.4) is 0 Å². The van der Waals surface area contributed by atoms with E-state index >= 15 is 0 Å². The standard InChI is InChI=1S/C16H13F4NO4/c17-15(18)24-11-5-3-10(13(8-11)25-16(19)20)4-6-14(22)21-9-12-2-1-7-23-12/h1-8,15-16H,9H2,(H,21,22). The fourth-order valence-corrected chi connectivity index (χ4v) is 1.84. The van der Waals surface area contributed by atoms with E-state index in [1.54, 1.807) is 12.1 Å². The van der Waals surface area contributed by atoms with Crippen molar-refractivity contribution in [1.29, 1.82) is 0 Å². The van der Waals surface area contributed by atoms with Crippen LogP contribution in [-0.2, 0) is 11.3 Å². The van der Waals surface area contributed by atoms with Crippen molar-refractivity contribution in [2.45, 2.75) is 19.8 Å². The lowest BCUT2D eigenvalue weighted by Crippen LogP contribution is -2.19. The van der Waals surface area contributed by atoms with Gasteiger partial charge in [-0.25, -0.2) is 0 Å². The van der Waals surface area contributed by atoms with Crippen molar-refractivity contribution in [3.8, 4) is 11.5 Å². The van der Waals surface area contributed by atoms with Crippen LogP contribution in [-0.4, -0.2) is 19.1 Å². The van der Waals surface area contributed by atoms with Gasteiger partial charge in [-0.2, -0.15) is 17.6 Å². The highest BCUT2D eigenvalue weighted by Crippen LogP contribution is 2.28. The normalized spacial score (nSPS) is 11.3. The van der Waals surface area contributed by atoms with E-state index in [0.29, 0.717) is 5.76 Å². The summed E-state index contributed by atoms with van der Waals surface area (Å²) in [7, 11) is 0. The number of hydrogen-bond donors (Lipinski definition) is 1. The summed E-state index contributed by atoms with van der Waals surface area (Å²) in [5.41, 5.74) is 0.0927. The van der Waals surface area contributed by atoms with Gasteiger partial charge >= 0.3 is 13.2 Å². The molecule has 1 amide bonds. The Balaban J connectivity index is 2.06. The second kappa shape index (κ2) is 8.76. The SMILES string of the molecule is O=C(C=Cc1ccc(OC(F)F)cc1OC(F)F)NCc1ccco1. The first-order valence-electron chi connectivity index (χ1n) is 6.96. The topological polar surface area (TPSA) is 60.7 Å². The summed E-state index contributed by atoms with van der Waals surface area (Å²) in [5, 5.41) is 2.52. The summed E-state index contributed by atoms with van der Waals surface area (Å²) in [6.45, 7) is -6.12. The van der Waals surface area contributed by atoms with E-state index in [4.69, 9.17) is 4.42 Å². The molecule has 2 aromatic rings. The minimum Gasteiger partial charge on any atom is -0.467 e. The summed E-state index contributed by atoms with van der Waals surface area (Å²) in [6.07, 6.45) is 3.75. The number of carbonyl (C=O) groups is 1. The van der Waals surface area contributed by atoms with Crippen molar-refractivity contribution in [2.75, 3.05) is 0 Å². The molecule has 0 aliphatic carbocycles. The Hall–Kier alpha value is -2.97. The Morgan fingerprint density at radius 3 is 2.56 bits per heavy atom. The first kappa shape index (κ1) is 18.4. The maximum Gasteiger partial charge on any atom is 0.387 e. The molecule has 1 aromatic carbocycles. The third-order valence-corrected chi connectivity index (χ3v) is 2.86. The van der Waals surface area contributed by atoms with Gasteiger partial charge in [0.05, 0.1) is 12.8 Å². The summed E-state index contributed by atoms with van der Waals surface area (Å²) >= 11 is 0. The number of hydrogen-bond acceptors (Lipinski definition) is 4. The highest BCUT2D eigenvalue weighted by atomic mass is 19.3. The number of alkyl halides is 4. The first-order valence-corrected chi connectivity index (χ1v) is 6.96. The molecule has 0 aliphatic heterocycles. The van der Waals surface area contributed by atoms with Crippen molar-refractivity contribution in [2.24, 2.45) is 0 Å². The molecule has 0 aliphatic rings. The van der Waals surface area contributed by atoms with Crippen molar-refractivity contribution in [3.63, 3.8) is 0 Å². The number of rotatable bonds is 8. The van der Waals surface area contributed by atoms with Gasteiger partial charge in [-0.15, -0.1) is 0 Å². The van der Waals surface area contributed by atoms with Crippen LogP contribution in [0, 0.1) is 0 Å². The number of nitrogens with one attached hydrogen (secondary N) is 1. The maximum atomic E-state index is 12.4. The molecule has 0 atom stereocenters. The Bertz CT molecular complexity index is 717. The van der Waals surface area contributed by atoms with Gasteiger partial charge < -0.3 is 19.2 Å². The van der Waals surface area contributed by atoms with Crippen LogP contribution < -0.4 is 14.8 Å². The summed E-state index contributed by atoms with van der Waals surface area (Å²) < 4.78 is 62.7. The lowest BCUT2D eigenvalue weighted by atomic mass is 10.1. The van der Waals surface area contributed by atoms with Gasteiger partial charge in [0, 0.05) is 17.7 Å². The lowest BCUT2D eigenvalue weighted by Gasteiger charge is -2.11. The van der Waals surface area contributed by atoms with Gasteiger partial charge in [-0.05, 0) is 30.3 Å². The first-order chi connectivity index (χ1) is 11.9. The largest absolute Gasteiger partial charge is 0.467 e. The smallest absolute Gasteiger partial charge is 0.387 e. The highest BCUT2D eigenvalue weighted by molar-refractivity contribution is 5.92. The van der Waals surface area contributed by atoms with Crippen LogP contribution >= 0.6 is 0 Å². The molecule has 5 nitrogen and oxygen atoms in total. The lowest BCUT2D eigenvalue weighted by molar-refractivity contribution is -0.116. The molecule has 1 N–H and O–H groups in total. The number of amides is 1. The van der Waals surface area contributed by atoms with E-state index < -0.39 is 24.9 Å². The molecule has 1 aromatic heterocycles. The predicted octanol–water partition coefficient (Wildman–Crippen LogP) is 3.81. The van der Waals surface area contributed by atoms with E-state index in [0.717, 1.165) is 18.2 Å². The average molecular weight is 359 g/mol. The molecule has 0 saturated carbocycles. The fourth-order valence-electron chi connectivity index (χ4n) is 1.84. The number of halogens is 4. The van der Waals surface area contributed by atoms with E-state index in [1.165, 1.54) is 18.4 Å². The molecule has 2 rings (SSSR count). The highest BCUT2D eigenvalue weighted by Gasteiger charge is 2.12. The Kier molecular flexibility index (Phi) is 6.44. The molecular formula is C16H13F4NO4. The monoisotopic (exact) mass is 359 g/mol. The molecule has 0 bridgehead atoms. The van der Waals surface area contributed by atoms with Gasteiger partial charge in [0.2, 0.25) is 5.91 Å². The minimum absolute atomic E-state index is 0.0927. The van der Waals surface area contributed by atoms with E-state index in [1.807, 2.05) is 0 Å². The van der Waals surface area contributed by atoms with Crippen LogP contribution in [0.4, 0.5) is 17.6 Å². The van der Waals surface area contributed by atoms with Crippen molar-refractivity contribution in [1.82, 2.24) is 5.32 Å². The van der Waals surface area contributed by atoms with Crippen molar-refractivity contribution >= 4 is 12.0 Å². The zero-order chi connectivity index (χ0) is 18.2. The second-order valence-electron chi connectivity index (χ2n) is 4.59. The van der Waals surface area contributed by atoms with Gasteiger partial charge in [-0.1, -0.05) is 0 Å². The van der Waals surface area contributed by atoms with Crippen molar-refractivity contribution in [3.05, 3.63) is 54.0 Å². The van der Waals surface area contributed by atoms with Crippen LogP contribution in [0.1, 0.15) is 11.3 Å². The third-order valence-electron chi connectivity index (χ3n) is 2.86. The van der Waals surface area contributed by atoms with Crippen LogP contribution in [0.5, 0.6) is 11.5 Å². The number of benzene rings is 1. The van der Waals surface area contributed by atoms with Gasteiger partial charge in [-0.3, -0.25) is 4.79 Å². The second-order valence-corrected chi connectivity index (χ2v) is 4.59. The fraction of sp³-hybridized carbons (Fsp3) is 0.188. The Morgan fingerprint density at radius 1 is 1.16 bits per heavy atom. The zero-order valence-electron chi connectivity index (χ0n) is 12.6. The molecule has 0 unspecified atom stereocenters. The summed E-state index contributed by atoms with van der Waals surface area (Å²) in [4.78, 5) is 11.7. The maximum absolute atomic E-state index is 12.4. The number of furan rings is 1. The molecule has 0 saturated heterocycles. The molecule has 0 spiro atoms. The molecule has 1 heterocycles. The van der Waals surface area contributed by atoms with Crippen LogP contribution in [0.15, 0.2) is 47.1 Å². The predicted molar refractivity (Wildman–Crippen MR) is 79.3 cm³/mol. The van der Waals surface area contributed by atoms with Gasteiger partial charge in [0.25, 0.3) is 0 Å². The molecule has 134 valence electrons. The quantitative estimate of drug-likeness (QED) is 0.575. The Labute approximate surface area is 139 Å².